The molecule has 0 fully saturated rings. The molecule has 2 aromatic rings. The van der Waals surface area contributed by atoms with Gasteiger partial charge in [0.25, 0.3) is 0 Å². The van der Waals surface area contributed by atoms with Crippen LogP contribution in [0.3, 0.4) is 0 Å². The fourth-order valence-corrected chi connectivity index (χ4v) is 1.60. The van der Waals surface area contributed by atoms with E-state index < -0.39 is 6.10 Å². The van der Waals surface area contributed by atoms with E-state index in [1.807, 2.05) is 35.0 Å². The largest absolute Gasteiger partial charge is 0.388 e. The van der Waals surface area contributed by atoms with Crippen molar-refractivity contribution in [2.45, 2.75) is 12.5 Å². The molecule has 0 bridgehead atoms. The van der Waals surface area contributed by atoms with Gasteiger partial charge in [-0.3, -0.25) is 0 Å². The topological polar surface area (TPSA) is 64.1 Å². The molecule has 1 aromatic heterocycles. The van der Waals surface area contributed by atoms with E-state index >= 15 is 0 Å². The molecule has 84 valence electrons. The minimum absolute atomic E-state index is 0.471. The van der Waals surface area contributed by atoms with Crippen molar-refractivity contribution in [3.63, 3.8) is 0 Å². The number of nitrogens with zero attached hydrogens (tertiary/aromatic N) is 2. The van der Waals surface area contributed by atoms with Gasteiger partial charge in [0.2, 0.25) is 0 Å². The van der Waals surface area contributed by atoms with Gasteiger partial charge in [-0.25, -0.2) is 4.98 Å². The van der Waals surface area contributed by atoms with E-state index in [9.17, 15) is 5.11 Å². The zero-order valence-corrected chi connectivity index (χ0v) is 8.95. The Morgan fingerprint density at radius 3 is 2.62 bits per heavy atom. The molecule has 0 aliphatic carbocycles. The monoisotopic (exact) mass is 217 g/mol. The quantitative estimate of drug-likeness (QED) is 0.810. The van der Waals surface area contributed by atoms with Crippen LogP contribution in [0.5, 0.6) is 0 Å². The number of aromatic nitrogens is 2. The standard InChI is InChI=1S/C12H15N3O/c13-6-5-12(16)10-1-3-11(4-2-10)15-8-7-14-9-15/h1-4,7-9,12,16H,5-6,13H2. The molecule has 1 atom stereocenters. The molecular weight excluding hydrogens is 202 g/mol. The zero-order valence-electron chi connectivity index (χ0n) is 8.95. The first-order valence-corrected chi connectivity index (χ1v) is 5.27. The van der Waals surface area contributed by atoms with Crippen molar-refractivity contribution in [1.82, 2.24) is 9.55 Å². The van der Waals surface area contributed by atoms with Gasteiger partial charge in [0.1, 0.15) is 0 Å². The van der Waals surface area contributed by atoms with Gasteiger partial charge in [0.05, 0.1) is 12.4 Å². The van der Waals surface area contributed by atoms with E-state index in [0.29, 0.717) is 13.0 Å². The number of aliphatic hydroxyl groups is 1. The second kappa shape index (κ2) is 4.92. The van der Waals surface area contributed by atoms with Gasteiger partial charge in [0, 0.05) is 18.1 Å². The van der Waals surface area contributed by atoms with Gasteiger partial charge in [-0.1, -0.05) is 12.1 Å². The molecule has 4 nitrogen and oxygen atoms in total. The number of hydrogen-bond acceptors (Lipinski definition) is 3. The van der Waals surface area contributed by atoms with E-state index in [1.165, 1.54) is 0 Å². The number of nitrogens with two attached hydrogens (primary N) is 1. The van der Waals surface area contributed by atoms with Crippen molar-refractivity contribution in [1.29, 1.82) is 0 Å². The van der Waals surface area contributed by atoms with Gasteiger partial charge < -0.3 is 15.4 Å². The normalized spacial score (nSPS) is 12.6. The van der Waals surface area contributed by atoms with Gasteiger partial charge in [-0.05, 0) is 30.7 Å². The first kappa shape index (κ1) is 10.9. The predicted octanol–water partition coefficient (Wildman–Crippen LogP) is 1.25. The molecule has 0 amide bonds. The van der Waals surface area contributed by atoms with E-state index in [4.69, 9.17) is 5.73 Å². The van der Waals surface area contributed by atoms with Crippen LogP contribution in [-0.2, 0) is 0 Å². The molecule has 0 saturated heterocycles. The average Bonchev–Trinajstić information content (AvgIpc) is 2.83. The van der Waals surface area contributed by atoms with Crippen molar-refractivity contribution in [3.8, 4) is 5.69 Å². The molecule has 0 saturated carbocycles. The highest BCUT2D eigenvalue weighted by atomic mass is 16.3. The molecule has 0 aliphatic rings. The Labute approximate surface area is 94.4 Å². The van der Waals surface area contributed by atoms with E-state index in [-0.39, 0.29) is 0 Å². The Morgan fingerprint density at radius 2 is 2.06 bits per heavy atom. The van der Waals surface area contributed by atoms with E-state index in [2.05, 4.69) is 4.98 Å². The summed E-state index contributed by atoms with van der Waals surface area (Å²) in [6.45, 7) is 0.491. The van der Waals surface area contributed by atoms with Gasteiger partial charge in [-0.2, -0.15) is 0 Å². The first-order chi connectivity index (χ1) is 7.81. The summed E-state index contributed by atoms with van der Waals surface area (Å²) >= 11 is 0. The minimum atomic E-state index is -0.471. The summed E-state index contributed by atoms with van der Waals surface area (Å²) < 4.78 is 1.92. The van der Waals surface area contributed by atoms with E-state index in [0.717, 1.165) is 11.3 Å². The Balaban J connectivity index is 2.16. The molecule has 1 aromatic carbocycles. The molecule has 0 aliphatic heterocycles. The van der Waals surface area contributed by atoms with Gasteiger partial charge in [-0.15, -0.1) is 0 Å². The fourth-order valence-electron chi connectivity index (χ4n) is 1.60. The lowest BCUT2D eigenvalue weighted by molar-refractivity contribution is 0.170. The Kier molecular flexibility index (Phi) is 3.34. The van der Waals surface area contributed by atoms with Crippen molar-refractivity contribution in [3.05, 3.63) is 48.5 Å². The highest BCUT2D eigenvalue weighted by Crippen LogP contribution is 2.17. The number of rotatable bonds is 4. The summed E-state index contributed by atoms with van der Waals surface area (Å²) in [5, 5.41) is 9.74. The molecule has 2 rings (SSSR count). The number of benzene rings is 1. The highest BCUT2D eigenvalue weighted by molar-refractivity contribution is 5.35. The highest BCUT2D eigenvalue weighted by Gasteiger charge is 2.05. The van der Waals surface area contributed by atoms with Crippen LogP contribution in [0.1, 0.15) is 18.1 Å². The molecule has 4 heteroatoms. The summed E-state index contributed by atoms with van der Waals surface area (Å²) in [4.78, 5) is 3.98. The molecule has 1 unspecified atom stereocenters. The molecule has 3 N–H and O–H groups in total. The Bertz CT molecular complexity index is 422. The van der Waals surface area contributed by atoms with Gasteiger partial charge >= 0.3 is 0 Å². The molecule has 16 heavy (non-hydrogen) atoms. The maximum atomic E-state index is 9.74. The smallest absolute Gasteiger partial charge is 0.0991 e. The second-order valence-electron chi connectivity index (χ2n) is 3.65. The van der Waals surface area contributed by atoms with Crippen LogP contribution in [0.2, 0.25) is 0 Å². The predicted molar refractivity (Wildman–Crippen MR) is 62.2 cm³/mol. The maximum Gasteiger partial charge on any atom is 0.0991 e. The molecule has 0 radical (unpaired) electrons. The molecule has 1 heterocycles. The summed E-state index contributed by atoms with van der Waals surface area (Å²) in [5.41, 5.74) is 7.33. The van der Waals surface area contributed by atoms with E-state index in [1.54, 1.807) is 12.5 Å². The second-order valence-corrected chi connectivity index (χ2v) is 3.65. The molecule has 0 spiro atoms. The van der Waals surface area contributed by atoms with Crippen molar-refractivity contribution in [2.75, 3.05) is 6.54 Å². The summed E-state index contributed by atoms with van der Waals surface area (Å²) in [5.74, 6) is 0. The fraction of sp³-hybridized carbons (Fsp3) is 0.250. The minimum Gasteiger partial charge on any atom is -0.388 e. The van der Waals surface area contributed by atoms with Crippen LogP contribution < -0.4 is 5.73 Å². The van der Waals surface area contributed by atoms with Crippen LogP contribution in [0.4, 0.5) is 0 Å². The lowest BCUT2D eigenvalue weighted by Gasteiger charge is -2.10. The van der Waals surface area contributed by atoms with Crippen molar-refractivity contribution < 1.29 is 5.11 Å². The lowest BCUT2D eigenvalue weighted by Crippen LogP contribution is -2.06. The van der Waals surface area contributed by atoms with Crippen molar-refractivity contribution in [2.24, 2.45) is 5.73 Å². The van der Waals surface area contributed by atoms with Gasteiger partial charge in [0.15, 0.2) is 0 Å². The SMILES string of the molecule is NCCC(O)c1ccc(-n2ccnc2)cc1. The summed E-state index contributed by atoms with van der Waals surface area (Å²) in [7, 11) is 0. The third-order valence-electron chi connectivity index (χ3n) is 2.52. The maximum absolute atomic E-state index is 9.74. The lowest BCUT2D eigenvalue weighted by atomic mass is 10.1. The third kappa shape index (κ3) is 2.29. The third-order valence-corrected chi connectivity index (χ3v) is 2.52. The van der Waals surface area contributed by atoms with Crippen LogP contribution >= 0.6 is 0 Å². The number of hydrogen-bond donors (Lipinski definition) is 2. The van der Waals surface area contributed by atoms with Crippen LogP contribution in [0, 0.1) is 0 Å². The Morgan fingerprint density at radius 1 is 1.31 bits per heavy atom. The number of imidazole rings is 1. The summed E-state index contributed by atoms with van der Waals surface area (Å²) in [6, 6.07) is 7.73. The summed E-state index contributed by atoms with van der Waals surface area (Å²) in [6.07, 6.45) is 5.47. The Hall–Kier alpha value is -1.65. The molecular formula is C12H15N3O. The van der Waals surface area contributed by atoms with Crippen molar-refractivity contribution >= 4 is 0 Å². The van der Waals surface area contributed by atoms with Crippen LogP contribution in [-0.4, -0.2) is 21.2 Å². The zero-order chi connectivity index (χ0) is 11.4. The van der Waals surface area contributed by atoms with Crippen LogP contribution in [0.15, 0.2) is 43.0 Å². The van der Waals surface area contributed by atoms with Crippen LogP contribution in [0.25, 0.3) is 5.69 Å². The average molecular weight is 217 g/mol. The first-order valence-electron chi connectivity index (χ1n) is 5.27. The number of aliphatic hydroxyl groups excluding tert-OH is 1.